The summed E-state index contributed by atoms with van der Waals surface area (Å²) in [4.78, 5) is 0. The molecule has 0 saturated carbocycles. The summed E-state index contributed by atoms with van der Waals surface area (Å²) in [5, 5.41) is 11.4. The van der Waals surface area contributed by atoms with Crippen molar-refractivity contribution in [2.24, 2.45) is 10.9 Å². The summed E-state index contributed by atoms with van der Waals surface area (Å²) in [6.07, 6.45) is 0. The summed E-state index contributed by atoms with van der Waals surface area (Å²) >= 11 is 3.00. The molecule has 0 saturated heterocycles. The molecule has 2 aromatic carbocycles. The van der Waals surface area contributed by atoms with Crippen LogP contribution in [0.25, 0.3) is 0 Å². The van der Waals surface area contributed by atoms with Gasteiger partial charge >= 0.3 is 0 Å². The summed E-state index contributed by atoms with van der Waals surface area (Å²) < 4.78 is 32.3. The molecule has 104 valence electrons. The zero-order valence-electron chi connectivity index (χ0n) is 9.98. The Hall–Kier alpha value is -2.15. The Kier molecular flexibility index (Phi) is 4.19. The van der Waals surface area contributed by atoms with Gasteiger partial charge in [0, 0.05) is 11.6 Å². The second-order valence-electron chi connectivity index (χ2n) is 3.78. The monoisotopic (exact) mass is 342 g/mol. The van der Waals surface area contributed by atoms with Crippen LogP contribution in [0.4, 0.5) is 8.78 Å². The molecular weight excluding hydrogens is 334 g/mol. The molecule has 2 rings (SSSR count). The lowest BCUT2D eigenvalue weighted by Crippen LogP contribution is -2.14. The molecule has 0 spiro atoms. The van der Waals surface area contributed by atoms with Gasteiger partial charge in [0.05, 0.1) is 4.47 Å². The van der Waals surface area contributed by atoms with Crippen LogP contribution < -0.4 is 10.5 Å². The predicted octanol–water partition coefficient (Wildman–Crippen LogP) is 3.61. The van der Waals surface area contributed by atoms with Crippen molar-refractivity contribution in [1.82, 2.24) is 0 Å². The Labute approximate surface area is 121 Å². The first kappa shape index (κ1) is 14.3. The minimum absolute atomic E-state index is 0.0123. The molecule has 4 nitrogen and oxygen atoms in total. The van der Waals surface area contributed by atoms with Gasteiger partial charge < -0.3 is 15.7 Å². The molecule has 2 aromatic rings. The molecule has 0 heterocycles. The van der Waals surface area contributed by atoms with Crippen LogP contribution in [0.2, 0.25) is 0 Å². The average Bonchev–Trinajstić information content (AvgIpc) is 2.43. The van der Waals surface area contributed by atoms with E-state index in [-0.39, 0.29) is 27.4 Å². The number of amidine groups is 1. The third-order valence-corrected chi connectivity index (χ3v) is 3.23. The second-order valence-corrected chi connectivity index (χ2v) is 4.58. The zero-order chi connectivity index (χ0) is 14.7. The van der Waals surface area contributed by atoms with E-state index in [2.05, 4.69) is 21.1 Å². The molecule has 0 aliphatic heterocycles. The lowest BCUT2D eigenvalue weighted by Gasteiger charge is -2.10. The fraction of sp³-hybridized carbons (Fsp3) is 0. The topological polar surface area (TPSA) is 67.8 Å². The molecule has 20 heavy (non-hydrogen) atoms. The maximum atomic E-state index is 14.1. The van der Waals surface area contributed by atoms with E-state index in [0.29, 0.717) is 0 Å². The summed E-state index contributed by atoms with van der Waals surface area (Å²) in [5.74, 6) is -1.42. The molecule has 0 aromatic heterocycles. The minimum Gasteiger partial charge on any atom is -0.454 e. The Balaban J connectivity index is 2.37. The van der Waals surface area contributed by atoms with Crippen LogP contribution in [0, 0.1) is 11.6 Å². The second kappa shape index (κ2) is 5.87. The first-order valence-electron chi connectivity index (χ1n) is 5.42. The van der Waals surface area contributed by atoms with Crippen LogP contribution in [0.3, 0.4) is 0 Å². The Morgan fingerprint density at radius 2 is 2.00 bits per heavy atom. The normalized spacial score (nSPS) is 11.4. The number of rotatable bonds is 3. The fourth-order valence-electron chi connectivity index (χ4n) is 1.52. The lowest BCUT2D eigenvalue weighted by atomic mass is 10.2. The van der Waals surface area contributed by atoms with Crippen molar-refractivity contribution in [3.05, 3.63) is 58.1 Å². The first-order valence-corrected chi connectivity index (χ1v) is 6.21. The quantitative estimate of drug-likeness (QED) is 0.387. The van der Waals surface area contributed by atoms with E-state index in [1.54, 1.807) is 0 Å². The Morgan fingerprint density at radius 3 is 2.65 bits per heavy atom. The van der Waals surface area contributed by atoms with Crippen LogP contribution in [-0.4, -0.2) is 11.0 Å². The highest BCUT2D eigenvalue weighted by Crippen LogP contribution is 2.31. The highest BCUT2D eigenvalue weighted by Gasteiger charge is 2.15. The molecule has 0 atom stereocenters. The lowest BCUT2D eigenvalue weighted by molar-refractivity contribution is 0.318. The molecule has 0 aliphatic rings. The SMILES string of the molecule is N/C(=N/O)c1ccc(Oc2cccc(F)c2)c(F)c1Br. The fourth-order valence-corrected chi connectivity index (χ4v) is 2.05. The average molecular weight is 343 g/mol. The molecular formula is C13H9BrF2N2O2. The van der Waals surface area contributed by atoms with Gasteiger partial charge in [0.15, 0.2) is 17.4 Å². The first-order chi connectivity index (χ1) is 9.52. The molecule has 0 radical (unpaired) electrons. The summed E-state index contributed by atoms with van der Waals surface area (Å²) in [6, 6.07) is 8.04. The summed E-state index contributed by atoms with van der Waals surface area (Å²) in [7, 11) is 0. The number of hydrogen-bond donors (Lipinski definition) is 2. The molecule has 0 bridgehead atoms. The molecule has 0 amide bonds. The Bertz CT molecular complexity index is 677. The van der Waals surface area contributed by atoms with Crippen molar-refractivity contribution in [3.8, 4) is 11.5 Å². The van der Waals surface area contributed by atoms with E-state index in [4.69, 9.17) is 15.7 Å². The van der Waals surface area contributed by atoms with Gasteiger partial charge in [0.1, 0.15) is 11.6 Å². The van der Waals surface area contributed by atoms with Gasteiger partial charge in [0.25, 0.3) is 0 Å². The molecule has 3 N–H and O–H groups in total. The number of nitrogens with zero attached hydrogens (tertiary/aromatic N) is 1. The van der Waals surface area contributed by atoms with Gasteiger partial charge in [-0.2, -0.15) is 0 Å². The molecule has 0 aliphatic carbocycles. The van der Waals surface area contributed by atoms with Gasteiger partial charge in [-0.1, -0.05) is 11.2 Å². The third kappa shape index (κ3) is 2.88. The van der Waals surface area contributed by atoms with Gasteiger partial charge in [-0.25, -0.2) is 8.78 Å². The molecule has 0 unspecified atom stereocenters. The van der Waals surface area contributed by atoms with Crippen LogP contribution in [-0.2, 0) is 0 Å². The van der Waals surface area contributed by atoms with E-state index in [1.807, 2.05) is 0 Å². The standard InChI is InChI=1S/C13H9BrF2N2O2/c14-11-9(13(17)18-19)4-5-10(12(11)16)20-8-3-1-2-7(15)6-8/h1-6,19H,(H2,17,18). The van der Waals surface area contributed by atoms with E-state index in [0.717, 1.165) is 6.07 Å². The number of ether oxygens (including phenoxy) is 1. The van der Waals surface area contributed by atoms with Crippen LogP contribution in [0.15, 0.2) is 46.0 Å². The van der Waals surface area contributed by atoms with E-state index in [1.165, 1.54) is 30.3 Å². The van der Waals surface area contributed by atoms with Crippen molar-refractivity contribution in [1.29, 1.82) is 0 Å². The highest BCUT2D eigenvalue weighted by atomic mass is 79.9. The van der Waals surface area contributed by atoms with Gasteiger partial charge in [-0.3, -0.25) is 0 Å². The molecule has 0 fully saturated rings. The number of oxime groups is 1. The Morgan fingerprint density at radius 1 is 1.25 bits per heavy atom. The van der Waals surface area contributed by atoms with E-state index in [9.17, 15) is 8.78 Å². The number of hydrogen-bond acceptors (Lipinski definition) is 3. The van der Waals surface area contributed by atoms with Crippen molar-refractivity contribution in [3.63, 3.8) is 0 Å². The van der Waals surface area contributed by atoms with Crippen molar-refractivity contribution in [2.45, 2.75) is 0 Å². The number of benzene rings is 2. The van der Waals surface area contributed by atoms with Crippen molar-refractivity contribution in [2.75, 3.05) is 0 Å². The minimum atomic E-state index is -0.738. The van der Waals surface area contributed by atoms with Gasteiger partial charge in [-0.15, -0.1) is 0 Å². The van der Waals surface area contributed by atoms with Gasteiger partial charge in [0.2, 0.25) is 0 Å². The maximum Gasteiger partial charge on any atom is 0.180 e. The van der Waals surface area contributed by atoms with E-state index >= 15 is 0 Å². The maximum absolute atomic E-state index is 14.1. The van der Waals surface area contributed by atoms with Crippen LogP contribution in [0.1, 0.15) is 5.56 Å². The van der Waals surface area contributed by atoms with E-state index < -0.39 is 11.6 Å². The van der Waals surface area contributed by atoms with Crippen molar-refractivity contribution < 1.29 is 18.7 Å². The van der Waals surface area contributed by atoms with Crippen LogP contribution in [0.5, 0.6) is 11.5 Å². The largest absolute Gasteiger partial charge is 0.454 e. The molecule has 7 heteroatoms. The smallest absolute Gasteiger partial charge is 0.180 e. The third-order valence-electron chi connectivity index (χ3n) is 2.45. The predicted molar refractivity (Wildman–Crippen MR) is 73.1 cm³/mol. The van der Waals surface area contributed by atoms with Crippen molar-refractivity contribution >= 4 is 21.8 Å². The van der Waals surface area contributed by atoms with Gasteiger partial charge in [-0.05, 0) is 40.2 Å². The highest BCUT2D eigenvalue weighted by molar-refractivity contribution is 9.10. The zero-order valence-corrected chi connectivity index (χ0v) is 11.6. The number of halogens is 3. The summed E-state index contributed by atoms with van der Waals surface area (Å²) in [6.45, 7) is 0. The summed E-state index contributed by atoms with van der Waals surface area (Å²) in [5.41, 5.74) is 5.58. The number of nitrogens with two attached hydrogens (primary N) is 1. The van der Waals surface area contributed by atoms with Crippen LogP contribution >= 0.6 is 15.9 Å².